The summed E-state index contributed by atoms with van der Waals surface area (Å²) in [6, 6.07) is 87.2. The standard InChI is InChI=1S/C56H40N2/c1-6-18-41(19-7-1)44-34-39-53-54(40-44)56(43-32-37-50(38-33-43)58(47-24-12-4-13-25-47)48-26-14-5-15-27-48)52-29-17-16-28-51(52)55(53)42-30-35-49(36-31-42)57(45-20-8-2-9-21-45)46-22-10-3-11-23-46/h1-40H. The topological polar surface area (TPSA) is 6.48 Å². The van der Waals surface area contributed by atoms with Crippen molar-refractivity contribution in [1.29, 1.82) is 0 Å². The molecule has 10 aromatic carbocycles. The zero-order valence-corrected chi connectivity index (χ0v) is 32.0. The van der Waals surface area contributed by atoms with E-state index in [2.05, 4.69) is 252 Å². The van der Waals surface area contributed by atoms with Crippen molar-refractivity contribution in [2.45, 2.75) is 0 Å². The normalized spacial score (nSPS) is 11.1. The molecule has 0 fully saturated rings. The minimum Gasteiger partial charge on any atom is -0.311 e. The van der Waals surface area contributed by atoms with Crippen molar-refractivity contribution < 1.29 is 0 Å². The highest BCUT2D eigenvalue weighted by Crippen LogP contribution is 2.46. The highest BCUT2D eigenvalue weighted by Gasteiger charge is 2.20. The van der Waals surface area contributed by atoms with Crippen LogP contribution >= 0.6 is 0 Å². The molecule has 0 radical (unpaired) electrons. The van der Waals surface area contributed by atoms with E-state index in [1.807, 2.05) is 0 Å². The summed E-state index contributed by atoms with van der Waals surface area (Å²) in [4.78, 5) is 4.63. The highest BCUT2D eigenvalue weighted by molar-refractivity contribution is 6.22. The van der Waals surface area contributed by atoms with Crippen LogP contribution in [0.3, 0.4) is 0 Å². The van der Waals surface area contributed by atoms with Crippen LogP contribution in [0.2, 0.25) is 0 Å². The lowest BCUT2D eigenvalue weighted by atomic mass is 9.84. The molecule has 0 spiro atoms. The largest absolute Gasteiger partial charge is 0.311 e. The Labute approximate surface area is 340 Å². The first-order valence-electron chi connectivity index (χ1n) is 19.9. The maximum atomic E-state index is 2.39. The maximum absolute atomic E-state index is 2.39. The number of para-hydroxylation sites is 4. The van der Waals surface area contributed by atoms with Gasteiger partial charge in [0.15, 0.2) is 0 Å². The summed E-state index contributed by atoms with van der Waals surface area (Å²) in [7, 11) is 0. The molecule has 0 atom stereocenters. The van der Waals surface area contributed by atoms with Crippen molar-refractivity contribution in [2.75, 3.05) is 9.80 Å². The summed E-state index contributed by atoms with van der Waals surface area (Å²) < 4.78 is 0. The third-order valence-electron chi connectivity index (χ3n) is 11.0. The smallest absolute Gasteiger partial charge is 0.0462 e. The molecule has 0 saturated carbocycles. The molecular weight excluding hydrogens is 701 g/mol. The minimum absolute atomic E-state index is 1.11. The van der Waals surface area contributed by atoms with E-state index in [9.17, 15) is 0 Å². The Hall–Kier alpha value is -7.68. The number of nitrogens with zero attached hydrogens (tertiary/aromatic N) is 2. The average Bonchev–Trinajstić information content (AvgIpc) is 3.30. The lowest BCUT2D eigenvalue weighted by Crippen LogP contribution is -2.09. The number of rotatable bonds is 9. The number of fused-ring (bicyclic) bond motifs is 2. The van der Waals surface area contributed by atoms with Gasteiger partial charge in [-0.3, -0.25) is 0 Å². The number of benzene rings is 10. The molecule has 0 aliphatic heterocycles. The maximum Gasteiger partial charge on any atom is 0.0462 e. The Kier molecular flexibility index (Phi) is 9.27. The van der Waals surface area contributed by atoms with Crippen molar-refractivity contribution in [3.8, 4) is 33.4 Å². The molecule has 0 aromatic heterocycles. The van der Waals surface area contributed by atoms with E-state index < -0.39 is 0 Å². The van der Waals surface area contributed by atoms with Gasteiger partial charge in [0, 0.05) is 34.1 Å². The van der Waals surface area contributed by atoms with E-state index in [1.54, 1.807) is 0 Å². The molecule has 0 N–H and O–H groups in total. The molecule has 10 aromatic rings. The molecular formula is C56H40N2. The molecule has 0 heterocycles. The van der Waals surface area contributed by atoms with Gasteiger partial charge in [-0.25, -0.2) is 0 Å². The van der Waals surface area contributed by atoms with Crippen LogP contribution in [0, 0.1) is 0 Å². The molecule has 274 valence electrons. The lowest BCUT2D eigenvalue weighted by Gasteiger charge is -2.26. The first-order valence-corrected chi connectivity index (χ1v) is 19.9. The second kappa shape index (κ2) is 15.5. The minimum atomic E-state index is 1.11. The molecule has 0 saturated heterocycles. The Bertz CT molecular complexity index is 2870. The van der Waals surface area contributed by atoms with E-state index in [1.165, 1.54) is 54.9 Å². The van der Waals surface area contributed by atoms with Crippen molar-refractivity contribution in [3.05, 3.63) is 243 Å². The second-order valence-corrected chi connectivity index (χ2v) is 14.5. The average molecular weight is 741 g/mol. The van der Waals surface area contributed by atoms with E-state index in [-0.39, 0.29) is 0 Å². The molecule has 0 aliphatic rings. The van der Waals surface area contributed by atoms with Crippen LogP contribution in [-0.2, 0) is 0 Å². The third kappa shape index (κ3) is 6.57. The Morgan fingerprint density at radius 3 is 0.879 bits per heavy atom. The molecule has 58 heavy (non-hydrogen) atoms. The Morgan fingerprint density at radius 1 is 0.190 bits per heavy atom. The van der Waals surface area contributed by atoms with Gasteiger partial charge in [-0.05, 0) is 134 Å². The zero-order chi connectivity index (χ0) is 38.7. The van der Waals surface area contributed by atoms with Crippen LogP contribution in [-0.4, -0.2) is 0 Å². The summed E-state index contributed by atoms with van der Waals surface area (Å²) in [6.45, 7) is 0. The monoisotopic (exact) mass is 740 g/mol. The fraction of sp³-hybridized carbons (Fsp3) is 0. The molecule has 2 nitrogen and oxygen atoms in total. The van der Waals surface area contributed by atoms with Crippen LogP contribution < -0.4 is 9.80 Å². The van der Waals surface area contributed by atoms with Gasteiger partial charge in [-0.2, -0.15) is 0 Å². The Morgan fingerprint density at radius 2 is 0.483 bits per heavy atom. The first kappa shape index (κ1) is 34.8. The molecule has 0 bridgehead atoms. The van der Waals surface area contributed by atoms with Gasteiger partial charge in [0.2, 0.25) is 0 Å². The lowest BCUT2D eigenvalue weighted by molar-refractivity contribution is 1.28. The van der Waals surface area contributed by atoms with E-state index >= 15 is 0 Å². The predicted molar refractivity (Wildman–Crippen MR) is 247 cm³/mol. The molecule has 10 rings (SSSR count). The van der Waals surface area contributed by atoms with Crippen molar-refractivity contribution in [3.63, 3.8) is 0 Å². The fourth-order valence-corrected chi connectivity index (χ4v) is 8.37. The SMILES string of the molecule is c1ccc(-c2ccc3c(-c4ccc(N(c5ccccc5)c5ccccc5)cc4)c4ccccc4c(-c4ccc(N(c5ccccc5)c5ccccc5)cc4)c3c2)cc1. The number of hydrogen-bond donors (Lipinski definition) is 0. The molecule has 0 unspecified atom stereocenters. The van der Waals surface area contributed by atoms with E-state index in [4.69, 9.17) is 0 Å². The Balaban J connectivity index is 1.15. The molecule has 0 amide bonds. The summed E-state index contributed by atoms with van der Waals surface area (Å²) in [5, 5.41) is 4.91. The van der Waals surface area contributed by atoms with Gasteiger partial charge >= 0.3 is 0 Å². The number of anilines is 6. The third-order valence-corrected chi connectivity index (χ3v) is 11.0. The summed E-state index contributed by atoms with van der Waals surface area (Å²) in [5.41, 5.74) is 13.9. The number of hydrogen-bond acceptors (Lipinski definition) is 2. The molecule has 0 aliphatic carbocycles. The van der Waals surface area contributed by atoms with Gasteiger partial charge in [0.1, 0.15) is 0 Å². The summed E-state index contributed by atoms with van der Waals surface area (Å²) in [5.74, 6) is 0. The van der Waals surface area contributed by atoms with Crippen LogP contribution in [0.1, 0.15) is 0 Å². The van der Waals surface area contributed by atoms with Gasteiger partial charge in [-0.15, -0.1) is 0 Å². The quantitative estimate of drug-likeness (QED) is 0.136. The van der Waals surface area contributed by atoms with Crippen LogP contribution in [0.5, 0.6) is 0 Å². The summed E-state index contributed by atoms with van der Waals surface area (Å²) in [6.07, 6.45) is 0. The fourth-order valence-electron chi connectivity index (χ4n) is 8.37. The predicted octanol–water partition coefficient (Wildman–Crippen LogP) is 15.9. The van der Waals surface area contributed by atoms with Crippen molar-refractivity contribution in [2.24, 2.45) is 0 Å². The molecule has 2 heteroatoms. The zero-order valence-electron chi connectivity index (χ0n) is 32.0. The van der Waals surface area contributed by atoms with Crippen molar-refractivity contribution in [1.82, 2.24) is 0 Å². The van der Waals surface area contributed by atoms with Gasteiger partial charge < -0.3 is 9.80 Å². The first-order chi connectivity index (χ1) is 28.8. The summed E-state index contributed by atoms with van der Waals surface area (Å²) >= 11 is 0. The van der Waals surface area contributed by atoms with E-state index in [0.29, 0.717) is 0 Å². The van der Waals surface area contributed by atoms with E-state index in [0.717, 1.165) is 34.1 Å². The van der Waals surface area contributed by atoms with Gasteiger partial charge in [-0.1, -0.05) is 164 Å². The van der Waals surface area contributed by atoms with Gasteiger partial charge in [0.05, 0.1) is 0 Å². The van der Waals surface area contributed by atoms with Crippen LogP contribution in [0.15, 0.2) is 243 Å². The van der Waals surface area contributed by atoms with Gasteiger partial charge in [0.25, 0.3) is 0 Å². The van der Waals surface area contributed by atoms with Crippen LogP contribution in [0.25, 0.3) is 54.9 Å². The second-order valence-electron chi connectivity index (χ2n) is 14.5. The van der Waals surface area contributed by atoms with Crippen LogP contribution in [0.4, 0.5) is 34.1 Å². The highest BCUT2D eigenvalue weighted by atomic mass is 15.1. The van der Waals surface area contributed by atoms with Crippen molar-refractivity contribution >= 4 is 55.7 Å².